The molecule has 0 atom stereocenters. The number of carbonyl (C=O) groups excluding carboxylic acids is 1. The number of alkyl halides is 3. The Morgan fingerprint density at radius 1 is 1.21 bits per heavy atom. The van der Waals surface area contributed by atoms with Gasteiger partial charge in [0, 0.05) is 63.4 Å². The largest absolute Gasteiger partial charge is 0.388 e. The molecule has 1 saturated heterocycles. The second kappa shape index (κ2) is 17.4. The van der Waals surface area contributed by atoms with Crippen LogP contribution in [0.1, 0.15) is 36.5 Å². The maximum atomic E-state index is 10.4. The molecule has 0 unspecified atom stereocenters. The van der Waals surface area contributed by atoms with E-state index in [4.69, 9.17) is 4.74 Å². The zero-order chi connectivity index (χ0) is 25.2. The van der Waals surface area contributed by atoms with Crippen LogP contribution in [0.25, 0.3) is 0 Å². The zero-order valence-electron chi connectivity index (χ0n) is 19.0. The first-order valence-electron chi connectivity index (χ1n) is 10.2. The number of anilines is 1. The van der Waals surface area contributed by atoms with Gasteiger partial charge >= 0.3 is 6.18 Å². The Morgan fingerprint density at radius 3 is 2.27 bits per heavy atom. The first-order valence-corrected chi connectivity index (χ1v) is 11.0. The van der Waals surface area contributed by atoms with Crippen LogP contribution >= 0.6 is 15.9 Å². The molecule has 186 valence electrons. The highest BCUT2D eigenvalue weighted by atomic mass is 79.9. The lowest BCUT2D eigenvalue weighted by atomic mass is 9.95. The van der Waals surface area contributed by atoms with Gasteiger partial charge in [0.05, 0.1) is 11.2 Å². The minimum Gasteiger partial charge on any atom is -0.388 e. The van der Waals surface area contributed by atoms with Crippen molar-refractivity contribution in [2.75, 3.05) is 39.2 Å². The van der Waals surface area contributed by atoms with E-state index < -0.39 is 11.8 Å². The van der Waals surface area contributed by atoms with Gasteiger partial charge in [0.25, 0.3) is 0 Å². The van der Waals surface area contributed by atoms with E-state index in [1.165, 1.54) is 12.4 Å². The average molecular weight is 537 g/mol. The van der Waals surface area contributed by atoms with Gasteiger partial charge in [-0.15, -0.1) is 0 Å². The Kier molecular flexibility index (Phi) is 16.3. The molecule has 2 heterocycles. The van der Waals surface area contributed by atoms with Gasteiger partial charge in [0.1, 0.15) is 0 Å². The second-order valence-corrected chi connectivity index (χ2v) is 7.89. The predicted octanol–water partition coefficient (Wildman–Crippen LogP) is 4.43. The van der Waals surface area contributed by atoms with E-state index in [2.05, 4.69) is 54.8 Å². The summed E-state index contributed by atoms with van der Waals surface area (Å²) in [5.41, 5.74) is -0.0218. The van der Waals surface area contributed by atoms with Crippen LogP contribution in [0.15, 0.2) is 47.3 Å². The van der Waals surface area contributed by atoms with Crippen molar-refractivity contribution in [3.8, 4) is 0 Å². The first-order chi connectivity index (χ1) is 15.5. The molecule has 1 aromatic rings. The first kappa shape index (κ1) is 30.9. The molecule has 3 rings (SSSR count). The van der Waals surface area contributed by atoms with Crippen LogP contribution in [0.4, 0.5) is 19.1 Å². The van der Waals surface area contributed by atoms with E-state index in [1.54, 1.807) is 7.05 Å². The van der Waals surface area contributed by atoms with Crippen LogP contribution in [0, 0.1) is 0 Å². The summed E-state index contributed by atoms with van der Waals surface area (Å²) in [7, 11) is 3.57. The Bertz CT molecular complexity index is 737. The average Bonchev–Trinajstić information content (AvgIpc) is 3.01. The van der Waals surface area contributed by atoms with Crippen LogP contribution in [0.3, 0.4) is 0 Å². The van der Waals surface area contributed by atoms with Gasteiger partial charge in [-0.05, 0) is 19.5 Å². The standard InChI is InChI=1S/C7H7Br.C7H15NO2.C6H7N3O.C2H3F3/c8-7-5-3-1-2-4-6-7;1-8-6-7(9)2-4-10-5-3-7;1-7-6-8-2-5(4-10)3-9-6;1-2(3,4)5/h1,3-6H,2H2;8-9H,2-6H2,1H3;2-4H,1H3,(H,7,8,9);1H3. The van der Waals surface area contributed by atoms with E-state index in [9.17, 15) is 23.1 Å². The Morgan fingerprint density at radius 2 is 1.79 bits per heavy atom. The minimum atomic E-state index is -4.00. The monoisotopic (exact) mass is 536 g/mol. The summed E-state index contributed by atoms with van der Waals surface area (Å²) in [6.07, 6.45) is 12.6. The van der Waals surface area contributed by atoms with Gasteiger partial charge in [-0.1, -0.05) is 40.2 Å². The van der Waals surface area contributed by atoms with E-state index >= 15 is 0 Å². The predicted molar refractivity (Wildman–Crippen MR) is 128 cm³/mol. The summed E-state index contributed by atoms with van der Waals surface area (Å²) in [6, 6.07) is 0. The van der Waals surface area contributed by atoms with E-state index in [0.717, 1.165) is 23.7 Å². The normalized spacial score (nSPS) is 16.3. The molecular formula is C22H32BrF3N4O3. The van der Waals surface area contributed by atoms with Crippen molar-refractivity contribution in [3.63, 3.8) is 0 Å². The highest BCUT2D eigenvalue weighted by Gasteiger charge is 2.28. The second-order valence-electron chi connectivity index (χ2n) is 6.97. The Balaban J connectivity index is 0.000000426. The molecule has 1 aromatic heterocycles. The van der Waals surface area contributed by atoms with Crippen molar-refractivity contribution in [1.82, 2.24) is 15.3 Å². The van der Waals surface area contributed by atoms with Crippen LogP contribution in [0.5, 0.6) is 0 Å². The molecule has 1 aliphatic carbocycles. The maximum absolute atomic E-state index is 10.4. The number of aliphatic hydroxyl groups is 1. The number of ether oxygens (including phenoxy) is 1. The summed E-state index contributed by atoms with van der Waals surface area (Å²) >= 11 is 3.36. The van der Waals surface area contributed by atoms with Gasteiger partial charge in [-0.25, -0.2) is 9.97 Å². The molecule has 11 heteroatoms. The molecule has 0 saturated carbocycles. The molecule has 0 aromatic carbocycles. The van der Waals surface area contributed by atoms with Crippen molar-refractivity contribution in [1.29, 1.82) is 0 Å². The van der Waals surface area contributed by atoms with Crippen LogP contribution < -0.4 is 10.6 Å². The van der Waals surface area contributed by atoms with Gasteiger partial charge in [0.15, 0.2) is 6.29 Å². The highest BCUT2D eigenvalue weighted by Crippen LogP contribution is 2.18. The maximum Gasteiger partial charge on any atom is 0.386 e. The topological polar surface area (TPSA) is 96.4 Å². The Hall–Kier alpha value is -2.08. The summed E-state index contributed by atoms with van der Waals surface area (Å²) in [5.74, 6) is 0.519. The fraction of sp³-hybridized carbons (Fsp3) is 0.500. The lowest BCUT2D eigenvalue weighted by Crippen LogP contribution is -2.43. The fourth-order valence-electron chi connectivity index (χ4n) is 2.34. The highest BCUT2D eigenvalue weighted by molar-refractivity contribution is 9.11. The number of likely N-dealkylation sites (N-methyl/N-ethyl adjacent to an activating group) is 1. The lowest BCUT2D eigenvalue weighted by Gasteiger charge is -2.31. The number of hydrogen-bond donors (Lipinski definition) is 3. The quantitative estimate of drug-likeness (QED) is 0.490. The molecule has 0 radical (unpaired) electrons. The number of nitrogens with zero attached hydrogens (tertiary/aromatic N) is 2. The summed E-state index contributed by atoms with van der Waals surface area (Å²) in [6.45, 7) is 2.25. The summed E-state index contributed by atoms with van der Waals surface area (Å²) < 4.78 is 37.3. The number of hydrogen-bond acceptors (Lipinski definition) is 7. The van der Waals surface area contributed by atoms with Crippen molar-refractivity contribution in [3.05, 3.63) is 52.8 Å². The Labute approximate surface area is 201 Å². The number of aldehydes is 1. The van der Waals surface area contributed by atoms with Crippen molar-refractivity contribution in [2.45, 2.75) is 38.0 Å². The van der Waals surface area contributed by atoms with E-state index in [0.29, 0.717) is 37.6 Å². The number of carbonyl (C=O) groups is 1. The van der Waals surface area contributed by atoms with Crippen molar-refractivity contribution in [2.24, 2.45) is 0 Å². The van der Waals surface area contributed by atoms with Gasteiger partial charge in [0.2, 0.25) is 5.95 Å². The van der Waals surface area contributed by atoms with Crippen LogP contribution in [-0.2, 0) is 4.74 Å². The molecule has 0 bridgehead atoms. The van der Waals surface area contributed by atoms with Gasteiger partial charge in [-0.2, -0.15) is 13.2 Å². The number of halogens is 4. The lowest BCUT2D eigenvalue weighted by molar-refractivity contribution is -0.110. The fourth-order valence-corrected chi connectivity index (χ4v) is 2.68. The molecule has 2 aliphatic rings. The summed E-state index contributed by atoms with van der Waals surface area (Å²) in [5, 5.41) is 15.4. The molecule has 7 nitrogen and oxygen atoms in total. The molecule has 0 spiro atoms. The van der Waals surface area contributed by atoms with Gasteiger partial charge < -0.3 is 20.5 Å². The third-order valence-corrected chi connectivity index (χ3v) is 4.43. The third kappa shape index (κ3) is 19.1. The molecule has 1 aliphatic heterocycles. The number of aromatic nitrogens is 2. The molecule has 3 N–H and O–H groups in total. The van der Waals surface area contributed by atoms with E-state index in [1.807, 2.05) is 19.2 Å². The number of allylic oxidation sites excluding steroid dienone is 6. The SMILES string of the molecule is BrC1=CC=CCC=C1.CC(F)(F)F.CNCC1(O)CCOCC1.CNc1ncc(C=O)cn1. The molecule has 1 fully saturated rings. The molecule has 0 amide bonds. The smallest absolute Gasteiger partial charge is 0.386 e. The molecular weight excluding hydrogens is 505 g/mol. The van der Waals surface area contributed by atoms with Crippen LogP contribution in [0.2, 0.25) is 0 Å². The summed E-state index contributed by atoms with van der Waals surface area (Å²) in [4.78, 5) is 17.7. The number of rotatable bonds is 4. The molecule has 33 heavy (non-hydrogen) atoms. The number of nitrogens with one attached hydrogen (secondary N) is 2. The third-order valence-electron chi connectivity index (χ3n) is 3.90. The van der Waals surface area contributed by atoms with Crippen molar-refractivity contribution >= 4 is 28.2 Å². The van der Waals surface area contributed by atoms with Crippen molar-refractivity contribution < 1.29 is 27.8 Å². The minimum absolute atomic E-state index is 0.188. The van der Waals surface area contributed by atoms with Crippen LogP contribution in [-0.4, -0.2) is 67.0 Å². The zero-order valence-corrected chi connectivity index (χ0v) is 20.6. The van der Waals surface area contributed by atoms with E-state index in [-0.39, 0.29) is 6.92 Å². The van der Waals surface area contributed by atoms with Gasteiger partial charge in [-0.3, -0.25) is 4.79 Å².